The number of pyridine rings is 1. The van der Waals surface area contributed by atoms with Crippen LogP contribution in [0.5, 0.6) is 0 Å². The molecule has 1 unspecified atom stereocenters. The van der Waals surface area contributed by atoms with Crippen molar-refractivity contribution in [1.29, 1.82) is 0 Å². The van der Waals surface area contributed by atoms with Gasteiger partial charge >= 0.3 is 0 Å². The second kappa shape index (κ2) is 6.54. The summed E-state index contributed by atoms with van der Waals surface area (Å²) in [6.45, 7) is 6.49. The molecule has 7 heteroatoms. The van der Waals surface area contributed by atoms with Crippen LogP contribution in [0.3, 0.4) is 0 Å². The van der Waals surface area contributed by atoms with Crippen molar-refractivity contribution in [2.75, 3.05) is 0 Å². The van der Waals surface area contributed by atoms with E-state index in [1.807, 2.05) is 6.07 Å². The average Bonchev–Trinajstić information content (AvgIpc) is 2.74. The third-order valence-electron chi connectivity index (χ3n) is 2.80. The van der Waals surface area contributed by atoms with Gasteiger partial charge in [-0.15, -0.1) is 0 Å². The van der Waals surface area contributed by atoms with Crippen LogP contribution in [-0.4, -0.2) is 21.2 Å². The number of hydrogen-bond acceptors (Lipinski definition) is 5. The highest BCUT2D eigenvalue weighted by molar-refractivity contribution is 9.11. The summed E-state index contributed by atoms with van der Waals surface area (Å²) in [7, 11) is 0. The highest BCUT2D eigenvalue weighted by Crippen LogP contribution is 2.27. The van der Waals surface area contributed by atoms with E-state index < -0.39 is 0 Å². The normalized spacial score (nSPS) is 13.4. The molecule has 0 saturated heterocycles. The van der Waals surface area contributed by atoms with E-state index in [9.17, 15) is 0 Å². The zero-order valence-corrected chi connectivity index (χ0v) is 15.4. The highest BCUT2D eigenvalue weighted by atomic mass is 79.9. The Morgan fingerprint density at radius 2 is 2.05 bits per heavy atom. The molecule has 0 fully saturated rings. The van der Waals surface area contributed by atoms with Gasteiger partial charge in [-0.1, -0.05) is 25.9 Å². The van der Waals surface area contributed by atoms with E-state index in [-0.39, 0.29) is 11.5 Å². The topological polar surface area (TPSA) is 77.8 Å². The molecular formula is C14H18Br2N4O. The van der Waals surface area contributed by atoms with Crippen LogP contribution in [0.2, 0.25) is 0 Å². The zero-order valence-electron chi connectivity index (χ0n) is 12.2. The fourth-order valence-corrected chi connectivity index (χ4v) is 3.26. The molecular weight excluding hydrogens is 400 g/mol. The van der Waals surface area contributed by atoms with Crippen molar-refractivity contribution < 1.29 is 4.52 Å². The predicted octanol–water partition coefficient (Wildman–Crippen LogP) is 3.96. The summed E-state index contributed by atoms with van der Waals surface area (Å²) in [6, 6.07) is 1.89. The smallest absolute Gasteiger partial charge is 0.228 e. The second-order valence-electron chi connectivity index (χ2n) is 6.22. The fraction of sp³-hybridized carbons (Fsp3) is 0.500. The Kier molecular flexibility index (Phi) is 5.16. The van der Waals surface area contributed by atoms with Crippen LogP contribution in [-0.2, 0) is 6.42 Å². The Labute approximate surface area is 141 Å². The van der Waals surface area contributed by atoms with E-state index in [0.29, 0.717) is 23.8 Å². The minimum absolute atomic E-state index is 0.000354. The van der Waals surface area contributed by atoms with E-state index in [1.54, 1.807) is 6.20 Å². The van der Waals surface area contributed by atoms with Gasteiger partial charge in [0.15, 0.2) is 0 Å². The summed E-state index contributed by atoms with van der Waals surface area (Å²) in [4.78, 5) is 8.67. The molecule has 0 radical (unpaired) electrons. The summed E-state index contributed by atoms with van der Waals surface area (Å²) in [5.74, 6) is 1.01. The zero-order chi connectivity index (χ0) is 15.6. The lowest BCUT2D eigenvalue weighted by atomic mass is 9.87. The van der Waals surface area contributed by atoms with Gasteiger partial charge in [0.1, 0.15) is 5.69 Å². The van der Waals surface area contributed by atoms with Gasteiger partial charge in [-0.25, -0.2) is 0 Å². The van der Waals surface area contributed by atoms with Crippen molar-refractivity contribution in [3.63, 3.8) is 0 Å². The Hall–Kier alpha value is -0.790. The molecule has 0 aromatic carbocycles. The third-order valence-corrected chi connectivity index (χ3v) is 3.84. The van der Waals surface area contributed by atoms with Gasteiger partial charge in [0.25, 0.3) is 0 Å². The van der Waals surface area contributed by atoms with Crippen LogP contribution in [0.4, 0.5) is 0 Å². The van der Waals surface area contributed by atoms with Crippen LogP contribution in [0.1, 0.15) is 33.1 Å². The fourth-order valence-electron chi connectivity index (χ4n) is 2.10. The van der Waals surface area contributed by atoms with Crippen molar-refractivity contribution >= 4 is 31.9 Å². The van der Waals surface area contributed by atoms with Crippen LogP contribution in [0.15, 0.2) is 25.7 Å². The molecule has 114 valence electrons. The van der Waals surface area contributed by atoms with E-state index in [1.165, 1.54) is 0 Å². The first-order chi connectivity index (χ1) is 9.74. The molecule has 0 bridgehead atoms. The third kappa shape index (κ3) is 4.86. The molecule has 2 rings (SSSR count). The number of nitrogens with two attached hydrogens (primary N) is 1. The Morgan fingerprint density at radius 1 is 1.33 bits per heavy atom. The largest absolute Gasteiger partial charge is 0.339 e. The first-order valence-corrected chi connectivity index (χ1v) is 8.23. The molecule has 2 aromatic rings. The van der Waals surface area contributed by atoms with Crippen molar-refractivity contribution in [3.8, 4) is 11.5 Å². The van der Waals surface area contributed by atoms with Crippen molar-refractivity contribution in [1.82, 2.24) is 15.1 Å². The van der Waals surface area contributed by atoms with Gasteiger partial charge in [0, 0.05) is 27.6 Å². The number of halogens is 2. The van der Waals surface area contributed by atoms with E-state index in [2.05, 4.69) is 67.8 Å². The summed E-state index contributed by atoms with van der Waals surface area (Å²) in [5, 5.41) is 3.98. The number of aromatic nitrogens is 3. The number of hydrogen-bond donors (Lipinski definition) is 1. The summed E-state index contributed by atoms with van der Waals surface area (Å²) < 4.78 is 6.97. The summed E-state index contributed by atoms with van der Waals surface area (Å²) in [5.41, 5.74) is 6.96. The lowest BCUT2D eigenvalue weighted by molar-refractivity contribution is 0.313. The molecule has 0 aliphatic heterocycles. The van der Waals surface area contributed by atoms with Gasteiger partial charge in [-0.2, -0.15) is 4.98 Å². The quantitative estimate of drug-likeness (QED) is 0.814. The molecule has 2 aromatic heterocycles. The van der Waals surface area contributed by atoms with Gasteiger partial charge in [-0.3, -0.25) is 4.98 Å². The highest BCUT2D eigenvalue weighted by Gasteiger charge is 2.19. The molecule has 1 atom stereocenters. The first-order valence-electron chi connectivity index (χ1n) is 6.64. The Morgan fingerprint density at radius 3 is 2.67 bits per heavy atom. The van der Waals surface area contributed by atoms with Crippen molar-refractivity contribution in [2.24, 2.45) is 11.1 Å². The minimum atomic E-state index is -0.000354. The monoisotopic (exact) mass is 416 g/mol. The van der Waals surface area contributed by atoms with E-state index in [4.69, 9.17) is 10.3 Å². The SMILES string of the molecule is CC(C)(C)CC(N)Cc1nc(-c2ncc(Br)cc2Br)no1. The van der Waals surface area contributed by atoms with Gasteiger partial charge in [0.05, 0.1) is 0 Å². The maximum absolute atomic E-state index is 6.13. The van der Waals surface area contributed by atoms with Crippen LogP contribution in [0.25, 0.3) is 11.5 Å². The number of rotatable bonds is 4. The molecule has 0 amide bonds. The Bertz CT molecular complexity index is 622. The first kappa shape index (κ1) is 16.6. The molecule has 2 heterocycles. The van der Waals surface area contributed by atoms with Crippen molar-refractivity contribution in [2.45, 2.75) is 39.7 Å². The van der Waals surface area contributed by atoms with Gasteiger partial charge < -0.3 is 10.3 Å². The second-order valence-corrected chi connectivity index (χ2v) is 7.99. The summed E-state index contributed by atoms with van der Waals surface area (Å²) in [6.07, 6.45) is 3.16. The Balaban J connectivity index is 2.11. The predicted molar refractivity (Wildman–Crippen MR) is 88.7 cm³/mol. The molecule has 21 heavy (non-hydrogen) atoms. The molecule has 5 nitrogen and oxygen atoms in total. The molecule has 0 saturated carbocycles. The van der Waals surface area contributed by atoms with E-state index in [0.717, 1.165) is 15.4 Å². The molecule has 0 spiro atoms. The average molecular weight is 418 g/mol. The van der Waals surface area contributed by atoms with Crippen LogP contribution < -0.4 is 5.73 Å². The lowest BCUT2D eigenvalue weighted by Crippen LogP contribution is -2.28. The molecule has 2 N–H and O–H groups in total. The van der Waals surface area contributed by atoms with Gasteiger partial charge in [0.2, 0.25) is 11.7 Å². The molecule has 0 aliphatic carbocycles. The van der Waals surface area contributed by atoms with E-state index >= 15 is 0 Å². The van der Waals surface area contributed by atoms with Crippen LogP contribution >= 0.6 is 31.9 Å². The lowest BCUT2D eigenvalue weighted by Gasteiger charge is -2.21. The summed E-state index contributed by atoms with van der Waals surface area (Å²) >= 11 is 6.81. The van der Waals surface area contributed by atoms with Crippen molar-refractivity contribution in [3.05, 3.63) is 27.1 Å². The van der Waals surface area contributed by atoms with Gasteiger partial charge in [-0.05, 0) is 49.8 Å². The maximum Gasteiger partial charge on any atom is 0.228 e. The minimum Gasteiger partial charge on any atom is -0.339 e. The standard InChI is InChI=1S/C14H18Br2N4O/c1-14(2,3)6-9(17)5-11-19-13(20-21-11)12-10(16)4-8(15)7-18-12/h4,7,9H,5-6,17H2,1-3H3. The van der Waals surface area contributed by atoms with Crippen LogP contribution in [0, 0.1) is 5.41 Å². The maximum atomic E-state index is 6.13. The number of nitrogens with zero attached hydrogens (tertiary/aromatic N) is 3. The molecule has 0 aliphatic rings.